The van der Waals surface area contributed by atoms with Crippen molar-refractivity contribution >= 4 is 16.7 Å². The average molecular weight is 316 g/mol. The highest BCUT2D eigenvalue weighted by Crippen LogP contribution is 2.31. The number of benzene rings is 1. The predicted octanol–water partition coefficient (Wildman–Crippen LogP) is 3.15. The van der Waals surface area contributed by atoms with Crippen molar-refractivity contribution in [2.45, 2.75) is 12.6 Å². The first-order valence-corrected chi connectivity index (χ1v) is 6.71. The van der Waals surface area contributed by atoms with Crippen molar-refractivity contribution in [2.24, 2.45) is 0 Å². The van der Waals surface area contributed by atoms with Crippen molar-refractivity contribution in [1.29, 1.82) is 0 Å². The SMILES string of the molecule is CN(C)CCCNc1nc(C(F)(F)F)nc2c(F)cccc12. The van der Waals surface area contributed by atoms with E-state index in [1.807, 2.05) is 19.0 Å². The van der Waals surface area contributed by atoms with E-state index in [1.54, 1.807) is 0 Å². The number of hydrogen-bond acceptors (Lipinski definition) is 4. The second-order valence-electron chi connectivity index (χ2n) is 5.11. The fourth-order valence-corrected chi connectivity index (χ4v) is 1.98. The molecule has 0 aliphatic rings. The van der Waals surface area contributed by atoms with Gasteiger partial charge in [-0.15, -0.1) is 0 Å². The first kappa shape index (κ1) is 16.4. The summed E-state index contributed by atoms with van der Waals surface area (Å²) in [5.74, 6) is -2.16. The van der Waals surface area contributed by atoms with Crippen molar-refractivity contribution in [2.75, 3.05) is 32.5 Å². The van der Waals surface area contributed by atoms with E-state index in [-0.39, 0.29) is 16.7 Å². The van der Waals surface area contributed by atoms with Gasteiger partial charge in [-0.1, -0.05) is 6.07 Å². The summed E-state index contributed by atoms with van der Waals surface area (Å²) < 4.78 is 52.3. The van der Waals surface area contributed by atoms with Gasteiger partial charge in [0.25, 0.3) is 0 Å². The maximum absolute atomic E-state index is 13.7. The molecule has 0 atom stereocenters. The van der Waals surface area contributed by atoms with Crippen LogP contribution in [0.3, 0.4) is 0 Å². The van der Waals surface area contributed by atoms with Gasteiger partial charge in [-0.25, -0.2) is 14.4 Å². The van der Waals surface area contributed by atoms with Crippen molar-refractivity contribution in [3.8, 4) is 0 Å². The molecule has 0 bridgehead atoms. The monoisotopic (exact) mass is 316 g/mol. The van der Waals surface area contributed by atoms with Gasteiger partial charge in [0.1, 0.15) is 17.2 Å². The minimum absolute atomic E-state index is 0.00409. The molecule has 8 heteroatoms. The van der Waals surface area contributed by atoms with Crippen LogP contribution in [0.5, 0.6) is 0 Å². The summed E-state index contributed by atoms with van der Waals surface area (Å²) >= 11 is 0. The number of nitrogens with zero attached hydrogens (tertiary/aromatic N) is 3. The van der Waals surface area contributed by atoms with E-state index >= 15 is 0 Å². The van der Waals surface area contributed by atoms with Crippen LogP contribution in [0.1, 0.15) is 12.2 Å². The van der Waals surface area contributed by atoms with E-state index in [1.165, 1.54) is 12.1 Å². The number of anilines is 1. The Hall–Kier alpha value is -1.96. The van der Waals surface area contributed by atoms with E-state index in [0.717, 1.165) is 19.0 Å². The van der Waals surface area contributed by atoms with Gasteiger partial charge in [-0.05, 0) is 39.2 Å². The van der Waals surface area contributed by atoms with Gasteiger partial charge in [0.05, 0.1) is 0 Å². The summed E-state index contributed by atoms with van der Waals surface area (Å²) in [6, 6.07) is 3.98. The van der Waals surface area contributed by atoms with Crippen molar-refractivity contribution in [3.05, 3.63) is 29.8 Å². The molecular weight excluding hydrogens is 300 g/mol. The van der Waals surface area contributed by atoms with Crippen LogP contribution in [0.25, 0.3) is 10.9 Å². The third kappa shape index (κ3) is 3.82. The number of para-hydroxylation sites is 1. The van der Waals surface area contributed by atoms with Crippen LogP contribution in [0.2, 0.25) is 0 Å². The number of nitrogens with one attached hydrogen (secondary N) is 1. The molecule has 0 saturated heterocycles. The summed E-state index contributed by atoms with van der Waals surface area (Å²) in [6.07, 6.45) is -4.01. The van der Waals surface area contributed by atoms with Gasteiger partial charge in [0.15, 0.2) is 0 Å². The van der Waals surface area contributed by atoms with E-state index in [2.05, 4.69) is 15.3 Å². The molecular formula is C14H16F4N4. The molecule has 4 nitrogen and oxygen atoms in total. The lowest BCUT2D eigenvalue weighted by atomic mass is 10.2. The average Bonchev–Trinajstić information content (AvgIpc) is 2.42. The molecule has 1 N–H and O–H groups in total. The molecule has 0 spiro atoms. The lowest BCUT2D eigenvalue weighted by Crippen LogP contribution is -2.18. The number of rotatable bonds is 5. The molecule has 2 aromatic rings. The highest BCUT2D eigenvalue weighted by atomic mass is 19.4. The molecule has 0 unspecified atom stereocenters. The standard InChI is InChI=1S/C14H16F4N4/c1-22(2)8-4-7-19-12-9-5-3-6-10(15)11(9)20-13(21-12)14(16,17)18/h3,5-6H,4,7-8H2,1-2H3,(H,19,20,21). The van der Waals surface area contributed by atoms with Gasteiger partial charge in [0, 0.05) is 11.9 Å². The molecule has 22 heavy (non-hydrogen) atoms. The van der Waals surface area contributed by atoms with E-state index in [0.29, 0.717) is 6.54 Å². The molecule has 120 valence electrons. The molecule has 0 fully saturated rings. The van der Waals surface area contributed by atoms with Crippen molar-refractivity contribution in [1.82, 2.24) is 14.9 Å². The van der Waals surface area contributed by atoms with Crippen LogP contribution in [-0.4, -0.2) is 42.1 Å². The Balaban J connectivity index is 2.36. The van der Waals surface area contributed by atoms with Gasteiger partial charge >= 0.3 is 6.18 Å². The smallest absolute Gasteiger partial charge is 0.369 e. The molecule has 0 radical (unpaired) electrons. The second-order valence-corrected chi connectivity index (χ2v) is 5.11. The maximum Gasteiger partial charge on any atom is 0.451 e. The second kappa shape index (κ2) is 6.43. The van der Waals surface area contributed by atoms with E-state index in [9.17, 15) is 17.6 Å². The number of aromatic nitrogens is 2. The quantitative estimate of drug-likeness (QED) is 0.679. The fourth-order valence-electron chi connectivity index (χ4n) is 1.98. The highest BCUT2D eigenvalue weighted by Gasteiger charge is 2.35. The minimum Gasteiger partial charge on any atom is -0.369 e. The van der Waals surface area contributed by atoms with E-state index < -0.39 is 17.8 Å². The van der Waals surface area contributed by atoms with Crippen molar-refractivity contribution < 1.29 is 17.6 Å². The van der Waals surface area contributed by atoms with Crippen LogP contribution in [0, 0.1) is 5.82 Å². The number of alkyl halides is 3. The Morgan fingerprint density at radius 3 is 2.55 bits per heavy atom. The van der Waals surface area contributed by atoms with E-state index in [4.69, 9.17) is 0 Å². The van der Waals surface area contributed by atoms with Crippen LogP contribution in [0.4, 0.5) is 23.4 Å². The summed E-state index contributed by atoms with van der Waals surface area (Å²) in [7, 11) is 3.80. The largest absolute Gasteiger partial charge is 0.451 e. The lowest BCUT2D eigenvalue weighted by Gasteiger charge is -2.13. The Labute approximate surface area is 125 Å². The summed E-state index contributed by atoms with van der Waals surface area (Å²) in [5, 5.41) is 3.07. The van der Waals surface area contributed by atoms with Gasteiger partial charge in [-0.3, -0.25) is 0 Å². The predicted molar refractivity (Wildman–Crippen MR) is 76.2 cm³/mol. The van der Waals surface area contributed by atoms with Crippen LogP contribution in [-0.2, 0) is 6.18 Å². The number of fused-ring (bicyclic) bond motifs is 1. The third-order valence-corrected chi connectivity index (χ3v) is 3.01. The zero-order valence-corrected chi connectivity index (χ0v) is 12.2. The molecule has 1 aromatic heterocycles. The third-order valence-electron chi connectivity index (χ3n) is 3.01. The number of hydrogen-bond donors (Lipinski definition) is 1. The Morgan fingerprint density at radius 2 is 1.91 bits per heavy atom. The van der Waals surface area contributed by atoms with Gasteiger partial charge in [0.2, 0.25) is 5.82 Å². The van der Waals surface area contributed by atoms with Crippen LogP contribution in [0.15, 0.2) is 18.2 Å². The molecule has 0 amide bonds. The Bertz CT molecular complexity index is 655. The zero-order chi connectivity index (χ0) is 16.3. The normalized spacial score (nSPS) is 12.1. The van der Waals surface area contributed by atoms with Crippen LogP contribution < -0.4 is 5.32 Å². The molecule has 2 rings (SSSR count). The maximum atomic E-state index is 13.7. The Morgan fingerprint density at radius 1 is 1.18 bits per heavy atom. The molecule has 1 aromatic carbocycles. The van der Waals surface area contributed by atoms with Gasteiger partial charge < -0.3 is 10.2 Å². The molecule has 1 heterocycles. The van der Waals surface area contributed by atoms with Crippen LogP contribution >= 0.6 is 0 Å². The summed E-state index contributed by atoms with van der Waals surface area (Å²) in [6.45, 7) is 1.20. The fraction of sp³-hybridized carbons (Fsp3) is 0.429. The molecule has 0 aliphatic heterocycles. The summed E-state index contributed by atoms with van der Waals surface area (Å²) in [5.41, 5.74) is -0.333. The first-order valence-electron chi connectivity index (χ1n) is 6.71. The topological polar surface area (TPSA) is 41.0 Å². The zero-order valence-electron chi connectivity index (χ0n) is 12.2. The highest BCUT2D eigenvalue weighted by molar-refractivity contribution is 5.89. The first-order chi connectivity index (χ1) is 10.3. The minimum atomic E-state index is -4.73. The molecule has 0 saturated carbocycles. The number of halogens is 4. The summed E-state index contributed by atoms with van der Waals surface area (Å²) in [4.78, 5) is 8.77. The Kier molecular flexibility index (Phi) is 4.80. The lowest BCUT2D eigenvalue weighted by molar-refractivity contribution is -0.144. The van der Waals surface area contributed by atoms with Crippen molar-refractivity contribution in [3.63, 3.8) is 0 Å². The molecule has 0 aliphatic carbocycles. The van der Waals surface area contributed by atoms with Gasteiger partial charge in [-0.2, -0.15) is 13.2 Å².